The standard InChI is InChI=1S/C15H23N3O3S/c1-17(2)15(20)18(11-7-5-4-6-8-11)9-13-16-12(10-22-13)14(19)21-3/h10-11H,4-9H2,1-3H3. The Kier molecular flexibility index (Phi) is 5.76. The molecule has 0 spiro atoms. The molecule has 1 aromatic heterocycles. The van der Waals surface area contributed by atoms with Crippen molar-refractivity contribution in [3.63, 3.8) is 0 Å². The highest BCUT2D eigenvalue weighted by Crippen LogP contribution is 2.25. The van der Waals surface area contributed by atoms with Gasteiger partial charge in [-0.05, 0) is 12.8 Å². The molecule has 122 valence electrons. The van der Waals surface area contributed by atoms with Gasteiger partial charge in [-0.3, -0.25) is 0 Å². The molecule has 0 unspecified atom stereocenters. The van der Waals surface area contributed by atoms with Gasteiger partial charge in [0.1, 0.15) is 5.01 Å². The zero-order valence-corrected chi connectivity index (χ0v) is 14.2. The van der Waals surface area contributed by atoms with Gasteiger partial charge in [0.05, 0.1) is 13.7 Å². The van der Waals surface area contributed by atoms with Gasteiger partial charge in [0.25, 0.3) is 0 Å². The van der Waals surface area contributed by atoms with Crippen molar-refractivity contribution in [2.45, 2.75) is 44.7 Å². The third kappa shape index (κ3) is 3.97. The van der Waals surface area contributed by atoms with Gasteiger partial charge in [0.2, 0.25) is 0 Å². The normalized spacial score (nSPS) is 15.4. The van der Waals surface area contributed by atoms with Crippen LogP contribution in [0.15, 0.2) is 5.38 Å². The number of urea groups is 1. The van der Waals surface area contributed by atoms with E-state index in [0.29, 0.717) is 12.2 Å². The van der Waals surface area contributed by atoms with Crippen LogP contribution in [0.5, 0.6) is 0 Å². The Morgan fingerprint density at radius 1 is 1.32 bits per heavy atom. The van der Waals surface area contributed by atoms with E-state index in [1.165, 1.54) is 24.9 Å². The van der Waals surface area contributed by atoms with E-state index in [-0.39, 0.29) is 12.1 Å². The van der Waals surface area contributed by atoms with E-state index in [1.807, 2.05) is 4.90 Å². The Balaban J connectivity index is 2.13. The number of nitrogens with zero attached hydrogens (tertiary/aromatic N) is 3. The van der Waals surface area contributed by atoms with Crippen molar-refractivity contribution < 1.29 is 14.3 Å². The minimum absolute atomic E-state index is 0.00159. The van der Waals surface area contributed by atoms with Gasteiger partial charge in [0.15, 0.2) is 5.69 Å². The summed E-state index contributed by atoms with van der Waals surface area (Å²) in [5, 5.41) is 2.45. The minimum atomic E-state index is -0.439. The lowest BCUT2D eigenvalue weighted by molar-refractivity contribution is 0.0594. The van der Waals surface area contributed by atoms with Crippen LogP contribution in [0.4, 0.5) is 4.79 Å². The fourth-order valence-corrected chi connectivity index (χ4v) is 3.49. The second-order valence-electron chi connectivity index (χ2n) is 5.71. The van der Waals surface area contributed by atoms with Crippen molar-refractivity contribution in [3.8, 4) is 0 Å². The van der Waals surface area contributed by atoms with E-state index in [9.17, 15) is 9.59 Å². The monoisotopic (exact) mass is 325 g/mol. The summed E-state index contributed by atoms with van der Waals surface area (Å²) in [5.74, 6) is -0.439. The van der Waals surface area contributed by atoms with E-state index in [2.05, 4.69) is 9.72 Å². The summed E-state index contributed by atoms with van der Waals surface area (Å²) in [7, 11) is 4.87. The van der Waals surface area contributed by atoms with Gasteiger partial charge in [0, 0.05) is 25.5 Å². The van der Waals surface area contributed by atoms with Gasteiger partial charge in [-0.15, -0.1) is 11.3 Å². The summed E-state index contributed by atoms with van der Waals surface area (Å²) < 4.78 is 4.67. The maximum atomic E-state index is 12.5. The van der Waals surface area contributed by atoms with Gasteiger partial charge >= 0.3 is 12.0 Å². The number of aromatic nitrogens is 1. The topological polar surface area (TPSA) is 62.7 Å². The summed E-state index contributed by atoms with van der Waals surface area (Å²) in [6, 6.07) is 0.260. The van der Waals surface area contributed by atoms with Gasteiger partial charge < -0.3 is 14.5 Å². The SMILES string of the molecule is COC(=O)c1csc(CN(C(=O)N(C)C)C2CCCCC2)n1. The van der Waals surface area contributed by atoms with Crippen LogP contribution >= 0.6 is 11.3 Å². The number of ether oxygens (including phenoxy) is 1. The van der Waals surface area contributed by atoms with Crippen LogP contribution in [-0.4, -0.2) is 54.0 Å². The predicted molar refractivity (Wildman–Crippen MR) is 85.0 cm³/mol. The Labute approximate surface area is 135 Å². The fourth-order valence-electron chi connectivity index (χ4n) is 2.73. The highest BCUT2D eigenvalue weighted by Gasteiger charge is 2.27. The Hall–Kier alpha value is -1.63. The first-order valence-electron chi connectivity index (χ1n) is 7.53. The average molecular weight is 325 g/mol. The lowest BCUT2D eigenvalue weighted by Crippen LogP contribution is -2.45. The first kappa shape index (κ1) is 16.7. The zero-order valence-electron chi connectivity index (χ0n) is 13.4. The van der Waals surface area contributed by atoms with E-state index in [4.69, 9.17) is 0 Å². The van der Waals surface area contributed by atoms with E-state index in [1.54, 1.807) is 24.4 Å². The van der Waals surface area contributed by atoms with E-state index in [0.717, 1.165) is 30.7 Å². The van der Waals surface area contributed by atoms with Gasteiger partial charge in [-0.25, -0.2) is 14.6 Å². The second-order valence-corrected chi connectivity index (χ2v) is 6.66. The van der Waals surface area contributed by atoms with Crippen LogP contribution in [0.1, 0.15) is 47.6 Å². The number of carbonyl (C=O) groups is 2. The lowest BCUT2D eigenvalue weighted by Gasteiger charge is -2.35. The van der Waals surface area contributed by atoms with E-state index >= 15 is 0 Å². The first-order valence-corrected chi connectivity index (χ1v) is 8.41. The maximum absolute atomic E-state index is 12.5. The summed E-state index contributed by atoms with van der Waals surface area (Å²) in [6.07, 6.45) is 5.63. The molecular formula is C15H23N3O3S. The maximum Gasteiger partial charge on any atom is 0.357 e. The first-order chi connectivity index (χ1) is 10.5. The lowest BCUT2D eigenvalue weighted by atomic mass is 9.94. The molecule has 2 amide bonds. The van der Waals surface area contributed by atoms with Crippen molar-refractivity contribution in [2.24, 2.45) is 0 Å². The highest BCUT2D eigenvalue weighted by molar-refractivity contribution is 7.09. The number of hydrogen-bond acceptors (Lipinski definition) is 5. The Morgan fingerprint density at radius 3 is 2.59 bits per heavy atom. The molecule has 0 N–H and O–H groups in total. The molecule has 0 bridgehead atoms. The van der Waals surface area contributed by atoms with Crippen molar-refractivity contribution in [1.29, 1.82) is 0 Å². The van der Waals surface area contributed by atoms with Crippen LogP contribution in [0, 0.1) is 0 Å². The summed E-state index contributed by atoms with van der Waals surface area (Å²) in [4.78, 5) is 31.7. The quantitative estimate of drug-likeness (QED) is 0.799. The molecule has 7 heteroatoms. The third-order valence-electron chi connectivity index (χ3n) is 3.90. The summed E-state index contributed by atoms with van der Waals surface area (Å²) in [6.45, 7) is 0.448. The fraction of sp³-hybridized carbons (Fsp3) is 0.667. The van der Waals surface area contributed by atoms with Crippen LogP contribution in [0.2, 0.25) is 0 Å². The molecule has 1 aliphatic rings. The van der Waals surface area contributed by atoms with Gasteiger partial charge in [-0.2, -0.15) is 0 Å². The van der Waals surface area contributed by atoms with Gasteiger partial charge in [-0.1, -0.05) is 19.3 Å². The smallest absolute Gasteiger partial charge is 0.357 e. The molecule has 0 saturated heterocycles. The average Bonchev–Trinajstić information content (AvgIpc) is 3.00. The molecule has 22 heavy (non-hydrogen) atoms. The molecule has 1 heterocycles. The van der Waals surface area contributed by atoms with Crippen molar-refractivity contribution in [3.05, 3.63) is 16.1 Å². The number of methoxy groups -OCH3 is 1. The van der Waals surface area contributed by atoms with Crippen LogP contribution < -0.4 is 0 Å². The number of rotatable bonds is 4. The molecule has 0 aromatic carbocycles. The third-order valence-corrected chi connectivity index (χ3v) is 4.73. The number of hydrogen-bond donors (Lipinski definition) is 0. The number of carbonyl (C=O) groups excluding carboxylic acids is 2. The zero-order chi connectivity index (χ0) is 16.1. The van der Waals surface area contributed by atoms with Crippen molar-refractivity contribution in [1.82, 2.24) is 14.8 Å². The van der Waals surface area contributed by atoms with Crippen molar-refractivity contribution >= 4 is 23.3 Å². The second kappa shape index (κ2) is 7.58. The molecule has 0 atom stereocenters. The molecule has 1 fully saturated rings. The predicted octanol–water partition coefficient (Wildman–Crippen LogP) is 2.75. The largest absolute Gasteiger partial charge is 0.464 e. The van der Waals surface area contributed by atoms with Crippen LogP contribution in [0.3, 0.4) is 0 Å². The molecule has 1 aliphatic carbocycles. The van der Waals surface area contributed by atoms with E-state index < -0.39 is 5.97 Å². The molecule has 6 nitrogen and oxygen atoms in total. The summed E-state index contributed by atoms with van der Waals surface area (Å²) in [5.41, 5.74) is 0.309. The molecule has 0 radical (unpaired) electrons. The molecule has 1 aromatic rings. The minimum Gasteiger partial charge on any atom is -0.464 e. The Morgan fingerprint density at radius 2 is 2.00 bits per heavy atom. The van der Waals surface area contributed by atoms with Crippen LogP contribution in [0.25, 0.3) is 0 Å². The highest BCUT2D eigenvalue weighted by atomic mass is 32.1. The molecule has 0 aliphatic heterocycles. The Bertz CT molecular complexity index is 524. The number of amides is 2. The van der Waals surface area contributed by atoms with Crippen molar-refractivity contribution in [2.75, 3.05) is 21.2 Å². The molecule has 2 rings (SSSR count). The molecule has 1 saturated carbocycles. The number of esters is 1. The number of thiazole rings is 1. The van der Waals surface area contributed by atoms with Crippen LogP contribution in [-0.2, 0) is 11.3 Å². The summed E-state index contributed by atoms with van der Waals surface area (Å²) >= 11 is 1.39. The molecular weight excluding hydrogens is 302 g/mol.